The minimum atomic E-state index is -0.609. The third-order valence-corrected chi connectivity index (χ3v) is 11.9. The Kier molecular flexibility index (Phi) is 6.55. The number of nitrogens with zero attached hydrogens (tertiary/aromatic N) is 1. The summed E-state index contributed by atoms with van der Waals surface area (Å²) in [7, 11) is 0. The molecule has 12 rings (SSSR count). The van der Waals surface area contributed by atoms with Crippen molar-refractivity contribution in [1.29, 1.82) is 0 Å². The molecule has 3 heteroatoms. The summed E-state index contributed by atoms with van der Waals surface area (Å²) >= 11 is 0. The maximum atomic E-state index is 7.20. The van der Waals surface area contributed by atoms with Crippen LogP contribution in [0.25, 0.3) is 55.0 Å². The lowest BCUT2D eigenvalue weighted by Gasteiger charge is -2.41. The van der Waals surface area contributed by atoms with E-state index in [2.05, 4.69) is 193 Å². The number of benzene rings is 9. The molecule has 1 atom stereocenters. The van der Waals surface area contributed by atoms with Gasteiger partial charge in [0, 0.05) is 33.7 Å². The smallest absolute Gasteiger partial charge is 0.156 e. The van der Waals surface area contributed by atoms with Gasteiger partial charge < -0.3 is 14.1 Å². The number of hydrogen-bond acceptors (Lipinski definition) is 3. The van der Waals surface area contributed by atoms with Gasteiger partial charge in [-0.05, 0) is 86.6 Å². The van der Waals surface area contributed by atoms with Crippen molar-refractivity contribution in [2.75, 3.05) is 4.90 Å². The van der Waals surface area contributed by atoms with E-state index < -0.39 is 5.41 Å². The first-order valence-corrected chi connectivity index (χ1v) is 19.2. The summed E-state index contributed by atoms with van der Waals surface area (Å²) < 4.78 is 13.7. The molecule has 0 fully saturated rings. The Morgan fingerprint density at radius 3 is 1.98 bits per heavy atom. The van der Waals surface area contributed by atoms with Gasteiger partial charge in [0.05, 0.1) is 16.8 Å². The summed E-state index contributed by atoms with van der Waals surface area (Å²) in [4.78, 5) is 2.32. The highest BCUT2D eigenvalue weighted by Crippen LogP contribution is 2.64. The van der Waals surface area contributed by atoms with Crippen molar-refractivity contribution >= 4 is 49.8 Å². The summed E-state index contributed by atoms with van der Waals surface area (Å²) in [5.74, 6) is 1.69. The van der Waals surface area contributed by atoms with Crippen LogP contribution in [0.5, 0.6) is 11.5 Å². The van der Waals surface area contributed by atoms with Gasteiger partial charge in [0.15, 0.2) is 5.75 Å². The molecule has 2 heterocycles. The van der Waals surface area contributed by atoms with Crippen molar-refractivity contribution in [3.63, 3.8) is 0 Å². The van der Waals surface area contributed by atoms with Gasteiger partial charge in [0.1, 0.15) is 16.9 Å². The van der Waals surface area contributed by atoms with Crippen LogP contribution in [0.3, 0.4) is 0 Å². The second-order valence-corrected chi connectivity index (χ2v) is 14.8. The van der Waals surface area contributed by atoms with E-state index in [4.69, 9.17) is 9.15 Å². The number of anilines is 3. The molecule has 1 aromatic heterocycles. The summed E-state index contributed by atoms with van der Waals surface area (Å²) in [6.07, 6.45) is 0. The van der Waals surface area contributed by atoms with Crippen LogP contribution in [0.2, 0.25) is 0 Å². The Hall–Kier alpha value is -7.36. The van der Waals surface area contributed by atoms with E-state index in [-0.39, 0.29) is 0 Å². The van der Waals surface area contributed by atoms with Crippen LogP contribution in [0.1, 0.15) is 22.3 Å². The maximum absolute atomic E-state index is 7.20. The van der Waals surface area contributed by atoms with E-state index in [1.54, 1.807) is 0 Å². The molecule has 9 aromatic carbocycles. The van der Waals surface area contributed by atoms with Gasteiger partial charge in [-0.1, -0.05) is 152 Å². The number of furan rings is 1. The second-order valence-electron chi connectivity index (χ2n) is 14.8. The van der Waals surface area contributed by atoms with E-state index in [0.717, 1.165) is 67.2 Å². The highest BCUT2D eigenvalue weighted by molar-refractivity contribution is 6.07. The van der Waals surface area contributed by atoms with E-state index in [0.29, 0.717) is 0 Å². The Balaban J connectivity index is 1.14. The first-order chi connectivity index (χ1) is 27.8. The molecule has 1 aliphatic heterocycles. The molecule has 0 saturated carbocycles. The van der Waals surface area contributed by atoms with Crippen molar-refractivity contribution in [2.24, 2.45) is 0 Å². The van der Waals surface area contributed by atoms with Crippen LogP contribution >= 0.6 is 0 Å². The molecule has 0 saturated heterocycles. The monoisotopic (exact) mass is 715 g/mol. The van der Waals surface area contributed by atoms with Crippen LogP contribution in [0, 0.1) is 0 Å². The molecule has 0 N–H and O–H groups in total. The van der Waals surface area contributed by atoms with Gasteiger partial charge >= 0.3 is 0 Å². The number of rotatable bonds is 4. The van der Waals surface area contributed by atoms with E-state index in [9.17, 15) is 0 Å². The Labute approximate surface area is 324 Å². The highest BCUT2D eigenvalue weighted by Gasteiger charge is 2.52. The van der Waals surface area contributed by atoms with Gasteiger partial charge in [-0.2, -0.15) is 0 Å². The molecule has 1 spiro atoms. The van der Waals surface area contributed by atoms with Gasteiger partial charge in [-0.15, -0.1) is 0 Å². The lowest BCUT2D eigenvalue weighted by atomic mass is 9.66. The molecule has 1 unspecified atom stereocenters. The highest BCUT2D eigenvalue weighted by atomic mass is 16.5. The van der Waals surface area contributed by atoms with Gasteiger partial charge in [0.25, 0.3) is 0 Å². The first-order valence-electron chi connectivity index (χ1n) is 19.2. The molecule has 2 aliphatic rings. The normalized spacial score (nSPS) is 15.0. The van der Waals surface area contributed by atoms with Crippen molar-refractivity contribution in [1.82, 2.24) is 0 Å². The Morgan fingerprint density at radius 2 is 1.09 bits per heavy atom. The molecule has 0 bridgehead atoms. The zero-order chi connectivity index (χ0) is 36.8. The summed E-state index contributed by atoms with van der Waals surface area (Å²) in [6.45, 7) is 0. The van der Waals surface area contributed by atoms with Crippen LogP contribution in [-0.2, 0) is 5.41 Å². The average molecular weight is 716 g/mol. The van der Waals surface area contributed by atoms with E-state index >= 15 is 0 Å². The molecule has 10 aromatic rings. The minimum absolute atomic E-state index is 0.609. The lowest BCUT2D eigenvalue weighted by Crippen LogP contribution is -2.32. The zero-order valence-corrected chi connectivity index (χ0v) is 30.3. The van der Waals surface area contributed by atoms with Crippen molar-refractivity contribution in [2.45, 2.75) is 5.41 Å². The fourth-order valence-corrected chi connectivity index (χ4v) is 9.57. The Bertz CT molecular complexity index is 3180. The van der Waals surface area contributed by atoms with Gasteiger partial charge in [-0.25, -0.2) is 0 Å². The van der Waals surface area contributed by atoms with Gasteiger partial charge in [-0.3, -0.25) is 0 Å². The lowest BCUT2D eigenvalue weighted by molar-refractivity contribution is 0.437. The molecular formula is C53H33NO2. The maximum Gasteiger partial charge on any atom is 0.156 e. The van der Waals surface area contributed by atoms with Crippen LogP contribution in [0.4, 0.5) is 17.1 Å². The zero-order valence-electron chi connectivity index (χ0n) is 30.3. The van der Waals surface area contributed by atoms with Crippen molar-refractivity contribution in [3.05, 3.63) is 222 Å². The molecule has 56 heavy (non-hydrogen) atoms. The van der Waals surface area contributed by atoms with E-state index in [1.807, 2.05) is 12.1 Å². The predicted octanol–water partition coefficient (Wildman–Crippen LogP) is 14.3. The fourth-order valence-electron chi connectivity index (χ4n) is 9.57. The second kappa shape index (κ2) is 11.8. The number of hydrogen-bond donors (Lipinski definition) is 0. The van der Waals surface area contributed by atoms with E-state index in [1.165, 1.54) is 38.6 Å². The van der Waals surface area contributed by atoms with Crippen molar-refractivity contribution < 1.29 is 9.15 Å². The predicted molar refractivity (Wildman–Crippen MR) is 229 cm³/mol. The third kappa shape index (κ3) is 4.28. The average Bonchev–Trinajstić information content (AvgIpc) is 3.78. The Morgan fingerprint density at radius 1 is 0.411 bits per heavy atom. The molecule has 0 amide bonds. The SMILES string of the molecule is c1ccc(-c2ccc(N(c3ccc4c(c3)oc3ccccc34)c3cccc4c3Oc3ccccc3C43c4ccccc4-c4c3ccc3ccccc43)cc2)cc1. The van der Waals surface area contributed by atoms with Crippen LogP contribution < -0.4 is 9.64 Å². The first kappa shape index (κ1) is 31.0. The van der Waals surface area contributed by atoms with Gasteiger partial charge in [0.2, 0.25) is 0 Å². The number of para-hydroxylation sites is 3. The third-order valence-electron chi connectivity index (χ3n) is 11.9. The number of ether oxygens (including phenoxy) is 1. The number of fused-ring (bicyclic) bond motifs is 14. The molecule has 1 aliphatic carbocycles. The van der Waals surface area contributed by atoms with Crippen LogP contribution in [-0.4, -0.2) is 0 Å². The molecule has 262 valence electrons. The molecule has 0 radical (unpaired) electrons. The summed E-state index contributed by atoms with van der Waals surface area (Å²) in [6, 6.07) is 71.8. The topological polar surface area (TPSA) is 25.6 Å². The standard InChI is InChI=1S/C53H33NO2/c1-2-13-34(14-3-1)35-25-28-37(29-26-35)54(38-30-31-41-40-17-7-10-23-48(40)55-50(41)33-38)47-22-12-21-46-52(47)56-49-24-11-9-20-44(49)53(46)43-19-8-6-18-42(43)51-39-16-5-4-15-36(39)27-32-45(51)53/h1-33H. The molecule has 3 nitrogen and oxygen atoms in total. The largest absolute Gasteiger partial charge is 0.456 e. The minimum Gasteiger partial charge on any atom is -0.456 e. The molecular weight excluding hydrogens is 683 g/mol. The van der Waals surface area contributed by atoms with Crippen LogP contribution in [0.15, 0.2) is 205 Å². The summed E-state index contributed by atoms with van der Waals surface area (Å²) in [5.41, 5.74) is 13.7. The quantitative estimate of drug-likeness (QED) is 0.181. The van der Waals surface area contributed by atoms with Crippen molar-refractivity contribution in [3.8, 4) is 33.8 Å². The summed E-state index contributed by atoms with van der Waals surface area (Å²) in [5, 5.41) is 4.70. The fraction of sp³-hybridized carbons (Fsp3) is 0.0189.